The summed E-state index contributed by atoms with van der Waals surface area (Å²) in [6.45, 7) is 29.5. The van der Waals surface area contributed by atoms with E-state index in [0.717, 1.165) is 50.1 Å². The molecule has 73 heavy (non-hydrogen) atoms. The van der Waals surface area contributed by atoms with E-state index in [9.17, 15) is 0 Å². The summed E-state index contributed by atoms with van der Waals surface area (Å²) in [6.07, 6.45) is 4.19. The molecular weight excluding hydrogens is 1070 g/mol. The molecule has 0 fully saturated rings. The molecule has 0 saturated heterocycles. The van der Waals surface area contributed by atoms with Gasteiger partial charge in [-0.05, 0) is 104 Å². The third-order valence-electron chi connectivity index (χ3n) is 14.5. The van der Waals surface area contributed by atoms with Gasteiger partial charge in [-0.2, -0.15) is 6.07 Å². The van der Waals surface area contributed by atoms with Gasteiger partial charge in [0.15, 0.2) is 0 Å². The molecule has 0 unspecified atom stereocenters. The van der Waals surface area contributed by atoms with Gasteiger partial charge < -0.3 is 19.1 Å². The van der Waals surface area contributed by atoms with Gasteiger partial charge in [0, 0.05) is 66.5 Å². The van der Waals surface area contributed by atoms with Gasteiger partial charge in [0.2, 0.25) is 0 Å². The van der Waals surface area contributed by atoms with Crippen molar-refractivity contribution in [3.8, 4) is 39.6 Å². The number of nitrogens with zero attached hydrogens (tertiary/aromatic N) is 4. The van der Waals surface area contributed by atoms with Crippen LogP contribution >= 0.6 is 0 Å². The molecule has 1 aliphatic heterocycles. The Hall–Kier alpha value is -6.68. The van der Waals surface area contributed by atoms with Crippen molar-refractivity contribution in [1.82, 2.24) is 9.55 Å². The molecule has 0 amide bonds. The van der Waals surface area contributed by atoms with Crippen molar-refractivity contribution in [3.63, 3.8) is 0 Å². The first-order valence-electron chi connectivity index (χ1n) is 25.6. The second kappa shape index (κ2) is 20.0. The van der Waals surface area contributed by atoms with E-state index < -0.39 is 0 Å². The Morgan fingerprint density at radius 3 is 1.89 bits per heavy atom. The van der Waals surface area contributed by atoms with Gasteiger partial charge in [-0.1, -0.05) is 192 Å². The fraction of sp³-hybridized carbons (Fsp3) is 0.254. The summed E-state index contributed by atoms with van der Waals surface area (Å²) < 4.78 is 9.33. The second-order valence-corrected chi connectivity index (χ2v) is 22.7. The molecule has 5 nitrogen and oxygen atoms in total. The molecule has 3 heterocycles. The molecule has 0 spiro atoms. The molecule has 2 aromatic heterocycles. The maximum Gasteiger partial charge on any atom is 0.135 e. The number of ether oxygens (including phenoxy) is 1. The molecule has 6 heteroatoms. The minimum atomic E-state index is -0.193. The number of hydrogen-bond donors (Lipinski definition) is 0. The molecule has 7 aromatic carbocycles. The predicted molar refractivity (Wildman–Crippen MR) is 302 cm³/mol. The molecule has 0 bridgehead atoms. The summed E-state index contributed by atoms with van der Waals surface area (Å²) in [7, 11) is 0. The zero-order valence-corrected chi connectivity index (χ0v) is 46.7. The molecule has 1 aliphatic rings. The van der Waals surface area contributed by atoms with Gasteiger partial charge in [-0.15, -0.1) is 53.6 Å². The topological polar surface area (TPSA) is 33.5 Å². The molecule has 9 aromatic rings. The molecule has 0 saturated carbocycles. The normalized spacial score (nSPS) is 13.3. The summed E-state index contributed by atoms with van der Waals surface area (Å²) in [6, 6.07) is 64.4. The molecule has 0 radical (unpaired) electrons. The number of aromatic nitrogens is 2. The Morgan fingerprint density at radius 2 is 1.22 bits per heavy atom. The maximum absolute atomic E-state index is 7.09. The Labute approximate surface area is 448 Å². The first kappa shape index (κ1) is 51.2. The van der Waals surface area contributed by atoms with E-state index in [4.69, 9.17) is 9.72 Å². The summed E-state index contributed by atoms with van der Waals surface area (Å²) >= 11 is 0. The van der Waals surface area contributed by atoms with Gasteiger partial charge in [0.25, 0.3) is 0 Å². The van der Waals surface area contributed by atoms with Gasteiger partial charge >= 0.3 is 0 Å². The van der Waals surface area contributed by atoms with Crippen molar-refractivity contribution in [1.29, 1.82) is 0 Å². The van der Waals surface area contributed by atoms with E-state index in [0.29, 0.717) is 23.3 Å². The number of allylic oxidation sites excluding steroid dienone is 1. The van der Waals surface area contributed by atoms with Gasteiger partial charge in [0.05, 0.1) is 0 Å². The number of rotatable bonds is 11. The summed E-state index contributed by atoms with van der Waals surface area (Å²) in [5.74, 6) is 2.65. The van der Waals surface area contributed by atoms with Gasteiger partial charge in [-0.25, -0.2) is 4.98 Å². The number of benzene rings is 7. The SMILES string of the molecule is CC(C)c1cccc(C(C)C)c1-c1cc(Oc2[c-]c3c(cc2)c2cc(-c4ccccc4)ccc2n3-c2cc(C(C)(C)C)ccn2)[c-]c(N2C=C(C(C)(C)C)N(c3cccc(C(C)(C)c4ccccc4)c3)[CH-]2)c1.[Pt]. The van der Waals surface area contributed by atoms with Crippen LogP contribution in [0, 0.1) is 24.2 Å². The van der Waals surface area contributed by atoms with Crippen LogP contribution in [0.5, 0.6) is 11.5 Å². The second-order valence-electron chi connectivity index (χ2n) is 22.7. The third-order valence-corrected chi connectivity index (χ3v) is 14.5. The number of pyridine rings is 1. The standard InChI is InChI=1S/C67H67N4O.Pt/c1-44(2)56-27-20-28-57(45(3)4)64(56)48-35-53(69-42-62(66(8,9)10)70(43-69)52-26-19-25-51(38-52)67(11,12)49-23-17-14-18-24-49)40-55(36-48)72-54-30-31-58-59-37-47(46-21-15-13-16-22-46)29-32-60(59)71(61(58)41-54)63-39-50(33-34-68-63)65(5,6)7;/h13-39,42-45H,1-12H3;/q-3;. The average molecular weight is 1140 g/mol. The Kier molecular flexibility index (Phi) is 14.0. The van der Waals surface area contributed by atoms with Crippen molar-refractivity contribution < 1.29 is 25.8 Å². The fourth-order valence-corrected chi connectivity index (χ4v) is 10.3. The molecule has 0 aliphatic carbocycles. The Morgan fingerprint density at radius 1 is 0.548 bits per heavy atom. The third kappa shape index (κ3) is 10.1. The maximum atomic E-state index is 7.09. The summed E-state index contributed by atoms with van der Waals surface area (Å²) in [5, 5.41) is 2.20. The van der Waals surface area contributed by atoms with Gasteiger partial charge in [0.1, 0.15) is 5.82 Å². The van der Waals surface area contributed by atoms with Crippen LogP contribution in [0.4, 0.5) is 11.4 Å². The van der Waals surface area contributed by atoms with Crippen molar-refractivity contribution >= 4 is 33.2 Å². The van der Waals surface area contributed by atoms with E-state index in [1.54, 1.807) is 0 Å². The smallest absolute Gasteiger partial charge is 0.135 e. The quantitative estimate of drug-likeness (QED) is 0.121. The summed E-state index contributed by atoms with van der Waals surface area (Å²) in [5.41, 5.74) is 15.7. The molecule has 0 atom stereocenters. The molecular formula is C67H67N4OPt-3. The minimum absolute atomic E-state index is 0. The van der Waals surface area contributed by atoms with Crippen molar-refractivity contribution in [3.05, 3.63) is 222 Å². The van der Waals surface area contributed by atoms with Crippen LogP contribution in [0.2, 0.25) is 0 Å². The van der Waals surface area contributed by atoms with Crippen LogP contribution < -0.4 is 14.5 Å². The van der Waals surface area contributed by atoms with Crippen LogP contribution in [0.15, 0.2) is 176 Å². The predicted octanol–water partition coefficient (Wildman–Crippen LogP) is 18.1. The number of fused-ring (bicyclic) bond motifs is 3. The van der Waals surface area contributed by atoms with Crippen molar-refractivity contribution in [2.75, 3.05) is 9.80 Å². The first-order valence-corrected chi connectivity index (χ1v) is 25.6. The largest absolute Gasteiger partial charge is 0.509 e. The van der Waals surface area contributed by atoms with Crippen LogP contribution in [0.25, 0.3) is 49.9 Å². The van der Waals surface area contributed by atoms with Crippen LogP contribution in [-0.2, 0) is 31.9 Å². The molecule has 374 valence electrons. The van der Waals surface area contributed by atoms with E-state index >= 15 is 0 Å². The minimum Gasteiger partial charge on any atom is -0.509 e. The Balaban J connectivity index is 0.00000656. The number of hydrogen-bond acceptors (Lipinski definition) is 4. The number of anilines is 2. The van der Waals surface area contributed by atoms with Crippen LogP contribution in [-0.4, -0.2) is 9.55 Å². The van der Waals surface area contributed by atoms with Crippen molar-refractivity contribution in [2.24, 2.45) is 5.41 Å². The monoisotopic (exact) mass is 1140 g/mol. The first-order chi connectivity index (χ1) is 34.3. The van der Waals surface area contributed by atoms with E-state index in [-0.39, 0.29) is 37.3 Å². The van der Waals surface area contributed by atoms with Gasteiger partial charge in [-0.3, -0.25) is 0 Å². The van der Waals surface area contributed by atoms with Crippen LogP contribution in [0.1, 0.15) is 123 Å². The fourth-order valence-electron chi connectivity index (χ4n) is 10.3. The van der Waals surface area contributed by atoms with E-state index in [1.807, 2.05) is 12.3 Å². The van der Waals surface area contributed by atoms with Crippen LogP contribution in [0.3, 0.4) is 0 Å². The average Bonchev–Trinajstić information content (AvgIpc) is 3.97. The van der Waals surface area contributed by atoms with Crippen molar-refractivity contribution in [2.45, 2.75) is 106 Å². The molecule has 0 N–H and O–H groups in total. The summed E-state index contributed by atoms with van der Waals surface area (Å²) in [4.78, 5) is 9.57. The van der Waals surface area contributed by atoms with E-state index in [1.165, 1.54) is 44.6 Å². The zero-order valence-electron chi connectivity index (χ0n) is 44.4. The zero-order chi connectivity index (χ0) is 50.7. The Bertz CT molecular complexity index is 3450. The molecule has 10 rings (SSSR count). The van der Waals surface area contributed by atoms with E-state index in [2.05, 4.69) is 274 Å².